The van der Waals surface area contributed by atoms with Crippen LogP contribution in [0.3, 0.4) is 0 Å². The molecule has 2 aromatic heterocycles. The van der Waals surface area contributed by atoms with Gasteiger partial charge in [-0.2, -0.15) is 13.2 Å². The highest BCUT2D eigenvalue weighted by Gasteiger charge is 2.34. The van der Waals surface area contributed by atoms with Crippen molar-refractivity contribution in [3.8, 4) is 0 Å². The van der Waals surface area contributed by atoms with Crippen molar-refractivity contribution < 1.29 is 17.6 Å². The lowest BCUT2D eigenvalue weighted by atomic mass is 10.00. The number of nitrogens with zero attached hydrogens (tertiary/aromatic N) is 5. The first-order valence-corrected chi connectivity index (χ1v) is 12.7. The largest absolute Gasteiger partial charge is 0.468 e. The van der Waals surface area contributed by atoms with E-state index in [2.05, 4.69) is 15.5 Å². The van der Waals surface area contributed by atoms with Crippen molar-refractivity contribution in [3.63, 3.8) is 0 Å². The quantitative estimate of drug-likeness (QED) is 0.187. The Morgan fingerprint density at radius 1 is 0.897 bits per heavy atom. The van der Waals surface area contributed by atoms with E-state index < -0.39 is 17.8 Å². The van der Waals surface area contributed by atoms with Gasteiger partial charge in [0.25, 0.3) is 0 Å². The predicted molar refractivity (Wildman–Crippen MR) is 141 cm³/mol. The molecule has 0 saturated carbocycles. The van der Waals surface area contributed by atoms with E-state index in [9.17, 15) is 13.2 Å². The molecule has 0 unspecified atom stereocenters. The van der Waals surface area contributed by atoms with Gasteiger partial charge in [-0.25, -0.2) is 4.68 Å². The van der Waals surface area contributed by atoms with Crippen LogP contribution in [0.5, 0.6) is 0 Å². The summed E-state index contributed by atoms with van der Waals surface area (Å²) >= 11 is 6.52. The van der Waals surface area contributed by atoms with Gasteiger partial charge < -0.3 is 4.42 Å². The second-order valence-electron chi connectivity index (χ2n) is 9.10. The van der Waals surface area contributed by atoms with Gasteiger partial charge in [-0.1, -0.05) is 72.3 Å². The van der Waals surface area contributed by atoms with Gasteiger partial charge >= 0.3 is 6.18 Å². The summed E-state index contributed by atoms with van der Waals surface area (Å²) in [7, 11) is 0. The zero-order valence-electron chi connectivity index (χ0n) is 20.8. The van der Waals surface area contributed by atoms with E-state index in [1.807, 2.05) is 59.5 Å². The van der Waals surface area contributed by atoms with Gasteiger partial charge in [0.1, 0.15) is 5.76 Å². The van der Waals surface area contributed by atoms with Crippen LogP contribution in [-0.2, 0) is 32.2 Å². The van der Waals surface area contributed by atoms with Gasteiger partial charge in [0, 0.05) is 18.1 Å². The second kappa shape index (κ2) is 11.8. The molecule has 5 aromatic rings. The zero-order chi connectivity index (χ0) is 27.2. The van der Waals surface area contributed by atoms with Crippen molar-refractivity contribution in [1.82, 2.24) is 25.1 Å². The minimum absolute atomic E-state index is 0.282. The Hall–Kier alpha value is -3.95. The second-order valence-corrected chi connectivity index (χ2v) is 9.50. The topological polar surface area (TPSA) is 60.0 Å². The molecule has 1 atom stereocenters. The molecule has 6 nitrogen and oxygen atoms in total. The first-order chi connectivity index (χ1) is 18.9. The summed E-state index contributed by atoms with van der Waals surface area (Å²) in [5.74, 6) is 1.06. The molecule has 0 bridgehead atoms. The van der Waals surface area contributed by atoms with Gasteiger partial charge in [-0.15, -0.1) is 5.10 Å². The van der Waals surface area contributed by atoms with Crippen LogP contribution in [0.1, 0.15) is 39.9 Å². The molecule has 3 aromatic carbocycles. The SMILES string of the molecule is FC(F)(F)c1cccc([C@H](c2nnnn2CCc2ccccc2)N(Cc2ccco2)Cc2ccccc2Cl)c1. The zero-order valence-corrected chi connectivity index (χ0v) is 21.6. The maximum atomic E-state index is 13.8. The predicted octanol–water partition coefficient (Wildman–Crippen LogP) is 6.97. The molecular weight excluding hydrogens is 527 g/mol. The number of halogens is 4. The van der Waals surface area contributed by atoms with E-state index in [0.717, 1.165) is 23.3 Å². The minimum Gasteiger partial charge on any atom is -0.468 e. The number of furan rings is 1. The first kappa shape index (κ1) is 26.6. The molecule has 0 fully saturated rings. The fraction of sp³-hybridized carbons (Fsp3) is 0.207. The maximum Gasteiger partial charge on any atom is 0.416 e. The fourth-order valence-electron chi connectivity index (χ4n) is 4.54. The van der Waals surface area contributed by atoms with E-state index >= 15 is 0 Å². The average Bonchev–Trinajstić information content (AvgIpc) is 3.62. The van der Waals surface area contributed by atoms with Gasteiger partial charge in [0.2, 0.25) is 0 Å². The fourth-order valence-corrected chi connectivity index (χ4v) is 4.74. The molecule has 0 radical (unpaired) electrons. The van der Waals surface area contributed by atoms with Gasteiger partial charge in [0.15, 0.2) is 5.82 Å². The third kappa shape index (κ3) is 6.55. The highest BCUT2D eigenvalue weighted by Crippen LogP contribution is 2.36. The number of aromatic nitrogens is 4. The van der Waals surface area contributed by atoms with Crippen molar-refractivity contribution in [2.24, 2.45) is 0 Å². The molecule has 0 N–H and O–H groups in total. The molecule has 2 heterocycles. The van der Waals surface area contributed by atoms with E-state index in [4.69, 9.17) is 16.0 Å². The summed E-state index contributed by atoms with van der Waals surface area (Å²) in [6.45, 7) is 1.04. The third-order valence-corrected chi connectivity index (χ3v) is 6.79. The maximum absolute atomic E-state index is 13.8. The van der Waals surface area contributed by atoms with Crippen molar-refractivity contribution in [2.45, 2.75) is 38.3 Å². The molecule has 200 valence electrons. The molecule has 5 rings (SSSR count). The summed E-state index contributed by atoms with van der Waals surface area (Å²) in [4.78, 5) is 1.97. The summed E-state index contributed by atoms with van der Waals surface area (Å²) in [5, 5.41) is 13.0. The number of hydrogen-bond donors (Lipinski definition) is 0. The number of aryl methyl sites for hydroxylation is 2. The Morgan fingerprint density at radius 2 is 1.69 bits per heavy atom. The van der Waals surface area contributed by atoms with Gasteiger partial charge in [-0.3, -0.25) is 4.90 Å². The summed E-state index contributed by atoms with van der Waals surface area (Å²) in [6.07, 6.45) is -2.29. The monoisotopic (exact) mass is 551 g/mol. The van der Waals surface area contributed by atoms with Crippen LogP contribution in [0, 0.1) is 0 Å². The van der Waals surface area contributed by atoms with Crippen LogP contribution in [0.25, 0.3) is 0 Å². The van der Waals surface area contributed by atoms with E-state index in [-0.39, 0.29) is 6.54 Å². The Bertz CT molecular complexity index is 1490. The number of alkyl halides is 3. The summed E-state index contributed by atoms with van der Waals surface area (Å²) < 4.78 is 48.6. The Morgan fingerprint density at radius 3 is 2.44 bits per heavy atom. The number of rotatable bonds is 10. The highest BCUT2D eigenvalue weighted by atomic mass is 35.5. The molecule has 0 aliphatic heterocycles. The highest BCUT2D eigenvalue weighted by molar-refractivity contribution is 6.31. The number of benzene rings is 3. The van der Waals surface area contributed by atoms with E-state index in [1.165, 1.54) is 6.07 Å². The van der Waals surface area contributed by atoms with Crippen LogP contribution in [0.2, 0.25) is 5.02 Å². The summed E-state index contributed by atoms with van der Waals surface area (Å²) in [6, 6.07) is 25.4. The number of hydrogen-bond acceptors (Lipinski definition) is 5. The molecule has 0 aliphatic carbocycles. The van der Waals surface area contributed by atoms with Crippen LogP contribution < -0.4 is 0 Å². The Kier molecular flexibility index (Phi) is 8.09. The summed E-state index contributed by atoms with van der Waals surface area (Å²) in [5.41, 5.74) is 1.56. The van der Waals surface area contributed by atoms with Crippen molar-refractivity contribution in [2.75, 3.05) is 0 Å². The third-order valence-electron chi connectivity index (χ3n) is 6.42. The van der Waals surface area contributed by atoms with Gasteiger partial charge in [0.05, 0.1) is 24.4 Å². The van der Waals surface area contributed by atoms with Crippen molar-refractivity contribution >= 4 is 11.6 Å². The molecule has 0 aliphatic rings. The standard InChI is InChI=1S/C29H25ClF3N5O/c30-26-14-5-4-10-23(26)19-37(20-25-13-7-17-39-25)27(22-11-6-12-24(18-22)29(31,32)33)28-34-35-36-38(28)16-15-21-8-2-1-3-9-21/h1-14,17-18,27H,15-16,19-20H2/t27-/m1/s1. The molecule has 0 saturated heterocycles. The van der Waals surface area contributed by atoms with Crippen LogP contribution in [0.15, 0.2) is 102 Å². The van der Waals surface area contributed by atoms with Crippen LogP contribution >= 0.6 is 11.6 Å². The molecule has 0 spiro atoms. The van der Waals surface area contributed by atoms with E-state index in [0.29, 0.717) is 41.7 Å². The smallest absolute Gasteiger partial charge is 0.416 e. The number of tetrazole rings is 1. The average molecular weight is 552 g/mol. The van der Waals surface area contributed by atoms with Crippen LogP contribution in [-0.4, -0.2) is 25.1 Å². The lowest BCUT2D eigenvalue weighted by Gasteiger charge is -2.31. The molecule has 10 heteroatoms. The van der Waals surface area contributed by atoms with Crippen molar-refractivity contribution in [1.29, 1.82) is 0 Å². The normalized spacial score (nSPS) is 12.6. The van der Waals surface area contributed by atoms with Crippen LogP contribution in [0.4, 0.5) is 13.2 Å². The molecule has 0 amide bonds. The first-order valence-electron chi connectivity index (χ1n) is 12.4. The van der Waals surface area contributed by atoms with E-state index in [1.54, 1.807) is 29.1 Å². The van der Waals surface area contributed by atoms with Gasteiger partial charge in [-0.05, 0) is 63.9 Å². The molecule has 39 heavy (non-hydrogen) atoms. The van der Waals surface area contributed by atoms with Crippen molar-refractivity contribution in [3.05, 3.63) is 136 Å². The lowest BCUT2D eigenvalue weighted by Crippen LogP contribution is -2.32. The molecular formula is C29H25ClF3N5O. The Labute approximate surface area is 228 Å². The lowest BCUT2D eigenvalue weighted by molar-refractivity contribution is -0.137. The Balaban J connectivity index is 1.59. The minimum atomic E-state index is -4.51.